The predicted octanol–water partition coefficient (Wildman–Crippen LogP) is 3.14. The lowest BCUT2D eigenvalue weighted by Crippen LogP contribution is -1.95. The van der Waals surface area contributed by atoms with Gasteiger partial charge in [-0.1, -0.05) is 0 Å². The Morgan fingerprint density at radius 2 is 1.75 bits per heavy atom. The topological polar surface area (TPSA) is 81.8 Å². The normalized spacial score (nSPS) is 9.60. The molecule has 0 unspecified atom stereocenters. The lowest BCUT2D eigenvalue weighted by molar-refractivity contribution is -0.384. The summed E-state index contributed by atoms with van der Waals surface area (Å²) >= 11 is 0. The summed E-state index contributed by atoms with van der Waals surface area (Å²) in [5, 5.41) is 10.5. The summed E-state index contributed by atoms with van der Waals surface area (Å²) in [5.41, 5.74) is 1.37. The summed E-state index contributed by atoms with van der Waals surface area (Å²) < 4.78 is 5.52. The number of ether oxygens (including phenoxy) is 1. The van der Waals surface area contributed by atoms with E-state index in [-0.39, 0.29) is 5.69 Å². The first-order chi connectivity index (χ1) is 9.69. The molecule has 0 bridgehead atoms. The van der Waals surface area contributed by atoms with Crippen LogP contribution in [-0.2, 0) is 11.4 Å². The lowest BCUT2D eigenvalue weighted by Gasteiger charge is -2.06. The van der Waals surface area contributed by atoms with Crippen molar-refractivity contribution in [1.82, 2.24) is 0 Å². The molecule has 0 spiro atoms. The highest BCUT2D eigenvalue weighted by atomic mass is 16.6. The summed E-state index contributed by atoms with van der Waals surface area (Å²) in [5.74, 6) is 0.619. The minimum absolute atomic E-state index is 0.0461. The molecular weight excluding hydrogens is 260 g/mol. The van der Waals surface area contributed by atoms with Gasteiger partial charge in [-0.3, -0.25) is 10.1 Å². The molecular formula is C14H10N2O4. The summed E-state index contributed by atoms with van der Waals surface area (Å²) in [6, 6.07) is 12.8. The van der Waals surface area contributed by atoms with Gasteiger partial charge in [-0.05, 0) is 42.0 Å². The predicted molar refractivity (Wildman–Crippen MR) is 71.7 cm³/mol. The van der Waals surface area contributed by atoms with Crippen LogP contribution in [0.15, 0.2) is 53.5 Å². The molecule has 0 saturated carbocycles. The van der Waals surface area contributed by atoms with Crippen molar-refractivity contribution < 1.29 is 14.5 Å². The van der Waals surface area contributed by atoms with Gasteiger partial charge in [0.05, 0.1) is 10.6 Å². The van der Waals surface area contributed by atoms with E-state index >= 15 is 0 Å². The number of aliphatic imine (C=N–C) groups is 1. The van der Waals surface area contributed by atoms with Crippen molar-refractivity contribution in [3.63, 3.8) is 0 Å². The Balaban J connectivity index is 1.97. The van der Waals surface area contributed by atoms with Crippen molar-refractivity contribution in [2.45, 2.75) is 6.61 Å². The van der Waals surface area contributed by atoms with Gasteiger partial charge in [-0.25, -0.2) is 4.79 Å². The van der Waals surface area contributed by atoms with E-state index in [4.69, 9.17) is 4.74 Å². The largest absolute Gasteiger partial charge is 0.489 e. The fourth-order valence-corrected chi connectivity index (χ4v) is 1.55. The monoisotopic (exact) mass is 270 g/mol. The smallest absolute Gasteiger partial charge is 0.269 e. The molecule has 0 aliphatic heterocycles. The zero-order valence-corrected chi connectivity index (χ0v) is 10.4. The van der Waals surface area contributed by atoms with Crippen LogP contribution in [0, 0.1) is 10.1 Å². The highest BCUT2D eigenvalue weighted by molar-refractivity contribution is 5.50. The Morgan fingerprint density at radius 1 is 1.10 bits per heavy atom. The molecule has 0 fully saturated rings. The molecule has 6 heteroatoms. The molecule has 6 nitrogen and oxygen atoms in total. The summed E-state index contributed by atoms with van der Waals surface area (Å²) in [6.07, 6.45) is 1.45. The van der Waals surface area contributed by atoms with E-state index in [0.29, 0.717) is 18.0 Å². The number of nitro groups is 1. The van der Waals surface area contributed by atoms with Gasteiger partial charge < -0.3 is 4.74 Å². The number of non-ortho nitro benzene ring substituents is 1. The average Bonchev–Trinajstić information content (AvgIpc) is 2.47. The van der Waals surface area contributed by atoms with E-state index in [2.05, 4.69) is 4.99 Å². The van der Waals surface area contributed by atoms with Gasteiger partial charge in [0.25, 0.3) is 5.69 Å². The number of carbonyl (C=O) groups excluding carboxylic acids is 1. The molecule has 0 saturated heterocycles. The minimum Gasteiger partial charge on any atom is -0.489 e. The Labute approximate surface area is 114 Å². The molecule has 0 radical (unpaired) electrons. The maximum absolute atomic E-state index is 10.5. The summed E-state index contributed by atoms with van der Waals surface area (Å²) in [6.45, 7) is 0.300. The molecule has 0 N–H and O–H groups in total. The number of nitro benzene ring substituents is 1. The molecule has 0 amide bonds. The Bertz CT molecular complexity index is 598. The third kappa shape index (κ3) is 3.51. The first kappa shape index (κ1) is 13.5. The first-order valence-corrected chi connectivity index (χ1v) is 5.73. The van der Waals surface area contributed by atoms with Gasteiger partial charge in [0.1, 0.15) is 12.4 Å². The van der Waals surface area contributed by atoms with E-state index in [1.165, 1.54) is 18.2 Å². The molecule has 2 aromatic carbocycles. The molecule has 0 aromatic heterocycles. The van der Waals surface area contributed by atoms with Crippen molar-refractivity contribution in [2.75, 3.05) is 0 Å². The molecule has 2 aromatic rings. The molecule has 2 rings (SSSR count). The van der Waals surface area contributed by atoms with Gasteiger partial charge in [-0.2, -0.15) is 4.99 Å². The quantitative estimate of drug-likeness (QED) is 0.361. The van der Waals surface area contributed by atoms with Gasteiger partial charge in [0.15, 0.2) is 0 Å². The highest BCUT2D eigenvalue weighted by Gasteiger charge is 2.04. The van der Waals surface area contributed by atoms with E-state index in [9.17, 15) is 14.9 Å². The zero-order chi connectivity index (χ0) is 14.4. The Morgan fingerprint density at radius 3 is 2.30 bits per heavy atom. The number of hydrogen-bond acceptors (Lipinski definition) is 5. The third-order valence-corrected chi connectivity index (χ3v) is 2.56. The van der Waals surface area contributed by atoms with Crippen LogP contribution in [0.25, 0.3) is 0 Å². The number of hydrogen-bond donors (Lipinski definition) is 0. The van der Waals surface area contributed by atoms with Crippen LogP contribution in [0.2, 0.25) is 0 Å². The lowest BCUT2D eigenvalue weighted by atomic mass is 10.2. The fraction of sp³-hybridized carbons (Fsp3) is 0.0714. The van der Waals surface area contributed by atoms with E-state index in [0.717, 1.165) is 5.56 Å². The minimum atomic E-state index is -0.448. The maximum Gasteiger partial charge on any atom is 0.269 e. The van der Waals surface area contributed by atoms with Crippen LogP contribution >= 0.6 is 0 Å². The number of benzene rings is 2. The van der Waals surface area contributed by atoms with Crippen LogP contribution < -0.4 is 4.74 Å². The molecule has 0 heterocycles. The third-order valence-electron chi connectivity index (χ3n) is 2.56. The summed E-state index contributed by atoms with van der Waals surface area (Å²) in [4.78, 5) is 23.6. The maximum atomic E-state index is 10.5. The van der Waals surface area contributed by atoms with Crippen LogP contribution in [0.5, 0.6) is 5.75 Å². The summed E-state index contributed by atoms with van der Waals surface area (Å²) in [7, 11) is 0. The molecule has 20 heavy (non-hydrogen) atoms. The zero-order valence-electron chi connectivity index (χ0n) is 10.4. The van der Waals surface area contributed by atoms with Crippen LogP contribution in [0.4, 0.5) is 11.4 Å². The van der Waals surface area contributed by atoms with Gasteiger partial charge in [-0.15, -0.1) is 0 Å². The van der Waals surface area contributed by atoms with Gasteiger partial charge in [0.2, 0.25) is 6.08 Å². The average molecular weight is 270 g/mol. The van der Waals surface area contributed by atoms with Gasteiger partial charge in [0, 0.05) is 12.1 Å². The molecule has 100 valence electrons. The van der Waals surface area contributed by atoms with E-state index < -0.39 is 4.92 Å². The van der Waals surface area contributed by atoms with E-state index in [1.807, 2.05) is 0 Å². The molecule has 0 aliphatic carbocycles. The first-order valence-electron chi connectivity index (χ1n) is 5.73. The highest BCUT2D eigenvalue weighted by Crippen LogP contribution is 2.19. The number of isocyanates is 1. The van der Waals surface area contributed by atoms with Crippen molar-refractivity contribution in [1.29, 1.82) is 0 Å². The standard InChI is InChI=1S/C14H10N2O4/c17-10-15-12-3-7-14(8-4-12)20-9-11-1-5-13(6-2-11)16(18)19/h1-8H,9H2. The second kappa shape index (κ2) is 6.26. The van der Waals surface area contributed by atoms with Crippen LogP contribution in [-0.4, -0.2) is 11.0 Å². The van der Waals surface area contributed by atoms with Crippen molar-refractivity contribution in [2.24, 2.45) is 4.99 Å². The number of nitrogens with zero attached hydrogens (tertiary/aromatic N) is 2. The second-order valence-electron chi connectivity index (χ2n) is 3.91. The fourth-order valence-electron chi connectivity index (χ4n) is 1.55. The Hall–Kier alpha value is -2.98. The van der Waals surface area contributed by atoms with Crippen LogP contribution in [0.1, 0.15) is 5.56 Å². The van der Waals surface area contributed by atoms with Crippen molar-refractivity contribution in [3.8, 4) is 5.75 Å². The second-order valence-corrected chi connectivity index (χ2v) is 3.91. The Kier molecular flexibility index (Phi) is 4.21. The van der Waals surface area contributed by atoms with E-state index in [1.54, 1.807) is 36.4 Å². The molecule has 0 atom stereocenters. The number of rotatable bonds is 5. The van der Waals surface area contributed by atoms with Gasteiger partial charge >= 0.3 is 0 Å². The SMILES string of the molecule is O=C=Nc1ccc(OCc2ccc([N+](=O)[O-])cc2)cc1. The van der Waals surface area contributed by atoms with Crippen molar-refractivity contribution in [3.05, 3.63) is 64.2 Å². The molecule has 0 aliphatic rings. The van der Waals surface area contributed by atoms with Crippen molar-refractivity contribution >= 4 is 17.5 Å². The van der Waals surface area contributed by atoms with Crippen LogP contribution in [0.3, 0.4) is 0 Å².